The van der Waals surface area contributed by atoms with Crippen molar-refractivity contribution in [1.29, 1.82) is 0 Å². The van der Waals surface area contributed by atoms with Crippen LogP contribution in [0.4, 0.5) is 13.2 Å². The summed E-state index contributed by atoms with van der Waals surface area (Å²) in [6, 6.07) is 0. The fourth-order valence-corrected chi connectivity index (χ4v) is 2.76. The Morgan fingerprint density at radius 1 is 1.28 bits per heavy atom. The van der Waals surface area contributed by atoms with Crippen LogP contribution in [0.3, 0.4) is 0 Å². The molecule has 1 aliphatic heterocycles. The molecule has 0 radical (unpaired) electrons. The second-order valence-electron chi connectivity index (χ2n) is 4.04. The molecule has 1 aliphatic rings. The van der Waals surface area contributed by atoms with Gasteiger partial charge in [0.2, 0.25) is 0 Å². The number of hydrogen-bond acceptors (Lipinski definition) is 4. The fourth-order valence-electron chi connectivity index (χ4n) is 1.82. The Balaban J connectivity index is 2.65. The van der Waals surface area contributed by atoms with Crippen molar-refractivity contribution in [2.24, 2.45) is 0 Å². The van der Waals surface area contributed by atoms with Crippen LogP contribution >= 0.6 is 0 Å². The third-order valence-corrected chi connectivity index (χ3v) is 4.24. The molecule has 0 fully saturated rings. The Bertz CT molecular complexity index is 628. The maximum absolute atomic E-state index is 12.5. The smallest absolute Gasteiger partial charge is 0.299 e. The van der Waals surface area contributed by atoms with Gasteiger partial charge in [-0.25, -0.2) is 13.2 Å². The average molecular weight is 285 g/mol. The summed E-state index contributed by atoms with van der Waals surface area (Å²) in [6.07, 6.45) is 0. The third kappa shape index (κ3) is 1.85. The van der Waals surface area contributed by atoms with E-state index in [1.54, 1.807) is 16.9 Å². The number of imidazole rings is 1. The van der Waals surface area contributed by atoms with Gasteiger partial charge in [-0.05, 0) is 7.05 Å². The largest absolute Gasteiger partial charge is 0.503 e. The van der Waals surface area contributed by atoms with Crippen molar-refractivity contribution < 1.29 is 21.6 Å². The van der Waals surface area contributed by atoms with Gasteiger partial charge in [-0.15, -0.1) is 0 Å². The lowest BCUT2D eigenvalue weighted by Gasteiger charge is -2.24. The van der Waals surface area contributed by atoms with Gasteiger partial charge in [0.25, 0.3) is 9.84 Å². The number of sulfone groups is 1. The van der Waals surface area contributed by atoms with Crippen LogP contribution in [0.15, 0.2) is 9.82 Å². The molecule has 0 aliphatic carbocycles. The van der Waals surface area contributed by atoms with Crippen LogP contribution in [0.25, 0.3) is 0 Å². The summed E-state index contributed by atoms with van der Waals surface area (Å²) < 4.78 is 61.1. The van der Waals surface area contributed by atoms with Gasteiger partial charge in [-0.3, -0.25) is 14.5 Å². The van der Waals surface area contributed by atoms with Crippen LogP contribution in [0.5, 0.6) is 0 Å². The lowest BCUT2D eigenvalue weighted by molar-refractivity contribution is -0.0438. The molecule has 1 N–H and O–H groups in total. The topological polar surface area (TPSA) is 75.2 Å². The number of aromatic amines is 1. The standard InChI is InChI=1S/C8H10F3N3O3S/c1-13-2-3-14-5(4-13)6(12-7(14)15)18(16,17)8(9,10)11/h2-4H2,1H3,(H,12,15). The molecule has 0 atom stereocenters. The molecule has 18 heavy (non-hydrogen) atoms. The van der Waals surface area contributed by atoms with E-state index in [2.05, 4.69) is 0 Å². The molecule has 0 bridgehead atoms. The van der Waals surface area contributed by atoms with E-state index in [0.29, 0.717) is 6.54 Å². The summed E-state index contributed by atoms with van der Waals surface area (Å²) in [5.74, 6) is 0. The molecule has 2 rings (SSSR count). The van der Waals surface area contributed by atoms with Gasteiger partial charge in [-0.2, -0.15) is 13.2 Å². The molecule has 10 heteroatoms. The number of rotatable bonds is 1. The second kappa shape index (κ2) is 3.85. The molecule has 0 spiro atoms. The average Bonchev–Trinajstić information content (AvgIpc) is 2.54. The van der Waals surface area contributed by atoms with Crippen LogP contribution in [-0.2, 0) is 22.9 Å². The number of nitrogens with zero attached hydrogens (tertiary/aromatic N) is 2. The third-order valence-electron chi connectivity index (χ3n) is 2.75. The maximum Gasteiger partial charge on any atom is 0.503 e. The highest BCUT2D eigenvalue weighted by molar-refractivity contribution is 7.92. The second-order valence-corrected chi connectivity index (χ2v) is 5.92. The van der Waals surface area contributed by atoms with Crippen molar-refractivity contribution in [2.45, 2.75) is 23.6 Å². The molecule has 2 heterocycles. The molecule has 6 nitrogen and oxygen atoms in total. The van der Waals surface area contributed by atoms with Gasteiger partial charge >= 0.3 is 11.2 Å². The lowest BCUT2D eigenvalue weighted by atomic mass is 10.3. The van der Waals surface area contributed by atoms with E-state index in [0.717, 1.165) is 4.57 Å². The summed E-state index contributed by atoms with van der Waals surface area (Å²) in [7, 11) is -3.89. The van der Waals surface area contributed by atoms with Crippen molar-refractivity contribution in [3.8, 4) is 0 Å². The van der Waals surface area contributed by atoms with Crippen molar-refractivity contribution in [1.82, 2.24) is 14.5 Å². The normalized spacial score (nSPS) is 17.8. The molecule has 0 saturated carbocycles. The van der Waals surface area contributed by atoms with E-state index in [4.69, 9.17) is 0 Å². The maximum atomic E-state index is 12.5. The molecular formula is C8H10F3N3O3S. The van der Waals surface area contributed by atoms with Crippen LogP contribution in [0.2, 0.25) is 0 Å². The summed E-state index contributed by atoms with van der Waals surface area (Å²) in [5.41, 5.74) is -6.40. The highest BCUT2D eigenvalue weighted by atomic mass is 32.2. The number of nitrogens with one attached hydrogen (secondary N) is 1. The minimum absolute atomic E-state index is 0.0244. The van der Waals surface area contributed by atoms with Gasteiger partial charge in [0.1, 0.15) is 0 Å². The van der Waals surface area contributed by atoms with E-state index in [9.17, 15) is 26.4 Å². The lowest BCUT2D eigenvalue weighted by Crippen LogP contribution is -2.35. The zero-order chi connectivity index (χ0) is 13.7. The zero-order valence-electron chi connectivity index (χ0n) is 9.28. The number of likely N-dealkylation sites (N-methyl/N-ethyl adjacent to an activating group) is 1. The van der Waals surface area contributed by atoms with E-state index in [1.165, 1.54) is 0 Å². The first-order chi connectivity index (χ1) is 8.14. The van der Waals surface area contributed by atoms with Crippen LogP contribution in [0, 0.1) is 0 Å². The molecule has 1 aromatic heterocycles. The van der Waals surface area contributed by atoms with Crippen molar-refractivity contribution in [3.63, 3.8) is 0 Å². The van der Waals surface area contributed by atoms with Crippen LogP contribution in [-0.4, -0.2) is 42.0 Å². The van der Waals surface area contributed by atoms with E-state index < -0.39 is 26.1 Å². The van der Waals surface area contributed by atoms with Gasteiger partial charge in [0.15, 0.2) is 5.03 Å². The van der Waals surface area contributed by atoms with Gasteiger partial charge < -0.3 is 0 Å². The van der Waals surface area contributed by atoms with E-state index in [-0.39, 0.29) is 18.8 Å². The zero-order valence-corrected chi connectivity index (χ0v) is 10.1. The van der Waals surface area contributed by atoms with E-state index >= 15 is 0 Å². The number of halogens is 3. The Morgan fingerprint density at radius 2 is 1.89 bits per heavy atom. The fraction of sp³-hybridized carbons (Fsp3) is 0.625. The quantitative estimate of drug-likeness (QED) is 0.783. The predicted molar refractivity (Wildman–Crippen MR) is 54.6 cm³/mol. The Morgan fingerprint density at radius 3 is 2.44 bits per heavy atom. The predicted octanol–water partition coefficient (Wildman–Crippen LogP) is -0.0847. The molecule has 102 valence electrons. The summed E-state index contributed by atoms with van der Waals surface area (Å²) >= 11 is 0. The number of hydrogen-bond donors (Lipinski definition) is 1. The molecule has 0 saturated heterocycles. The first-order valence-corrected chi connectivity index (χ1v) is 6.44. The van der Waals surface area contributed by atoms with Crippen molar-refractivity contribution in [2.75, 3.05) is 13.6 Å². The first kappa shape index (κ1) is 13.1. The monoisotopic (exact) mass is 285 g/mol. The Hall–Kier alpha value is -1.29. The number of H-pyrrole nitrogens is 1. The highest BCUT2D eigenvalue weighted by Gasteiger charge is 2.50. The van der Waals surface area contributed by atoms with Crippen LogP contribution < -0.4 is 5.69 Å². The van der Waals surface area contributed by atoms with Crippen molar-refractivity contribution >= 4 is 9.84 Å². The molecular weight excluding hydrogens is 275 g/mol. The molecule has 0 aromatic carbocycles. The minimum atomic E-state index is -5.52. The van der Waals surface area contributed by atoms with Gasteiger partial charge in [-0.1, -0.05) is 0 Å². The molecule has 1 aromatic rings. The number of alkyl halides is 3. The highest BCUT2D eigenvalue weighted by Crippen LogP contribution is 2.31. The molecule has 0 amide bonds. The Kier molecular flexibility index (Phi) is 2.81. The Labute approximate surface area is 99.9 Å². The van der Waals surface area contributed by atoms with Crippen molar-refractivity contribution in [3.05, 3.63) is 16.2 Å². The minimum Gasteiger partial charge on any atom is -0.299 e. The SMILES string of the molecule is CN1CCn2c(c(S(=O)(=O)C(F)(F)F)[nH]c2=O)C1. The first-order valence-electron chi connectivity index (χ1n) is 4.96. The van der Waals surface area contributed by atoms with Gasteiger partial charge in [0, 0.05) is 19.6 Å². The summed E-state index contributed by atoms with van der Waals surface area (Å²) in [5, 5.41) is -1.05. The molecule has 0 unspecified atom stereocenters. The van der Waals surface area contributed by atoms with Crippen LogP contribution in [0.1, 0.15) is 5.69 Å². The number of fused-ring (bicyclic) bond motifs is 1. The number of aromatic nitrogens is 2. The van der Waals surface area contributed by atoms with E-state index in [1.807, 2.05) is 0 Å². The summed E-state index contributed by atoms with van der Waals surface area (Å²) in [6.45, 7) is 0.605. The van der Waals surface area contributed by atoms with Gasteiger partial charge in [0.05, 0.1) is 5.69 Å². The summed E-state index contributed by atoms with van der Waals surface area (Å²) in [4.78, 5) is 14.9.